The van der Waals surface area contributed by atoms with Crippen LogP contribution in [0.4, 0.5) is 5.69 Å². The van der Waals surface area contributed by atoms with Crippen molar-refractivity contribution in [2.45, 2.75) is 45.4 Å². The summed E-state index contributed by atoms with van der Waals surface area (Å²) in [6.45, 7) is 2.15. The predicted molar refractivity (Wildman–Crippen MR) is 84.8 cm³/mol. The molecule has 1 fully saturated rings. The second kappa shape index (κ2) is 6.57. The topological polar surface area (TPSA) is 66.9 Å². The van der Waals surface area contributed by atoms with Crippen LogP contribution in [0.2, 0.25) is 0 Å². The number of hydrogen-bond acceptors (Lipinski definition) is 3. The third-order valence-corrected chi connectivity index (χ3v) is 5.03. The quantitative estimate of drug-likeness (QED) is 0.566. The molecule has 0 saturated heterocycles. The monoisotopic (exact) mass is 350 g/mol. The minimum atomic E-state index is -0.447. The molecule has 0 N–H and O–H groups in total. The number of halogens is 1. The molecule has 1 aliphatic rings. The van der Waals surface area contributed by atoms with Gasteiger partial charge in [-0.1, -0.05) is 48.2 Å². The number of nitrogens with zero attached hydrogens (tertiary/aromatic N) is 2. The molecular formula is C16H19BrN2O2. The van der Waals surface area contributed by atoms with Crippen LogP contribution in [0, 0.1) is 32.8 Å². The van der Waals surface area contributed by atoms with Gasteiger partial charge in [0.1, 0.15) is 0 Å². The Balaban J connectivity index is 2.31. The summed E-state index contributed by atoms with van der Waals surface area (Å²) in [4.78, 5) is 10.9. The summed E-state index contributed by atoms with van der Waals surface area (Å²) in [5.74, 6) is 0.563. The van der Waals surface area contributed by atoms with Crippen LogP contribution in [-0.2, 0) is 6.42 Å². The normalized spacial score (nSPS) is 25.3. The number of rotatable bonds is 4. The van der Waals surface area contributed by atoms with Crippen LogP contribution >= 0.6 is 15.9 Å². The first-order valence-electron chi connectivity index (χ1n) is 7.34. The van der Waals surface area contributed by atoms with Crippen molar-refractivity contribution < 1.29 is 4.92 Å². The van der Waals surface area contributed by atoms with E-state index in [9.17, 15) is 15.4 Å². The van der Waals surface area contributed by atoms with Crippen molar-refractivity contribution in [2.75, 3.05) is 0 Å². The predicted octanol–water partition coefficient (Wildman–Crippen LogP) is 5.01. The van der Waals surface area contributed by atoms with Crippen LogP contribution in [0.1, 0.15) is 44.6 Å². The highest BCUT2D eigenvalue weighted by atomic mass is 79.9. The van der Waals surface area contributed by atoms with Crippen LogP contribution in [0.15, 0.2) is 22.7 Å². The molecular weight excluding hydrogens is 332 g/mol. The van der Waals surface area contributed by atoms with Crippen LogP contribution in [0.5, 0.6) is 0 Å². The second-order valence-electron chi connectivity index (χ2n) is 5.97. The van der Waals surface area contributed by atoms with Crippen molar-refractivity contribution in [1.82, 2.24) is 0 Å². The lowest BCUT2D eigenvalue weighted by Crippen LogP contribution is -2.29. The summed E-state index contributed by atoms with van der Waals surface area (Å²) < 4.78 is 0.694. The standard InChI is InChI=1S/C16H19BrN2O2/c1-2-12-4-3-7-16(9-12,11-18)10-13-5-6-14(17)8-15(13)19(20)21/h5-6,8,12H,2-4,7,9-10H2,1H3. The van der Waals surface area contributed by atoms with Gasteiger partial charge in [-0.2, -0.15) is 5.26 Å². The minimum absolute atomic E-state index is 0.109. The van der Waals surface area contributed by atoms with E-state index in [2.05, 4.69) is 28.9 Å². The smallest absolute Gasteiger partial charge is 0.258 e. The third kappa shape index (κ3) is 3.62. The highest BCUT2D eigenvalue weighted by molar-refractivity contribution is 9.10. The fourth-order valence-electron chi connectivity index (χ4n) is 3.36. The van der Waals surface area contributed by atoms with Crippen molar-refractivity contribution in [2.24, 2.45) is 11.3 Å². The Kier molecular flexibility index (Phi) is 5.00. The van der Waals surface area contributed by atoms with E-state index in [0.29, 0.717) is 22.4 Å². The zero-order valence-electron chi connectivity index (χ0n) is 12.1. The fourth-order valence-corrected chi connectivity index (χ4v) is 3.71. The average molecular weight is 351 g/mol. The molecule has 1 aromatic carbocycles. The largest absolute Gasteiger partial charge is 0.273 e. The molecule has 2 atom stereocenters. The van der Waals surface area contributed by atoms with E-state index in [0.717, 1.165) is 25.7 Å². The van der Waals surface area contributed by atoms with Crippen molar-refractivity contribution >= 4 is 21.6 Å². The van der Waals surface area contributed by atoms with Gasteiger partial charge in [-0.05, 0) is 31.2 Å². The van der Waals surface area contributed by atoms with Gasteiger partial charge < -0.3 is 0 Å². The number of nitriles is 1. The van der Waals surface area contributed by atoms with Crippen LogP contribution in [-0.4, -0.2) is 4.92 Å². The Morgan fingerprint density at radius 3 is 2.95 bits per heavy atom. The number of nitro groups is 1. The molecule has 1 aliphatic carbocycles. The summed E-state index contributed by atoms with van der Waals surface area (Å²) in [5, 5.41) is 20.9. The van der Waals surface area contributed by atoms with Crippen molar-refractivity contribution in [3.63, 3.8) is 0 Å². The Hall–Kier alpha value is -1.41. The Bertz CT molecular complexity index is 582. The Morgan fingerprint density at radius 1 is 1.57 bits per heavy atom. The zero-order chi connectivity index (χ0) is 15.5. The van der Waals surface area contributed by atoms with Crippen LogP contribution in [0.25, 0.3) is 0 Å². The third-order valence-electron chi connectivity index (χ3n) is 4.53. The first-order valence-corrected chi connectivity index (χ1v) is 8.13. The molecule has 0 aromatic heterocycles. The van der Waals surface area contributed by atoms with Gasteiger partial charge in [-0.25, -0.2) is 0 Å². The maximum absolute atomic E-state index is 11.2. The van der Waals surface area contributed by atoms with E-state index in [1.54, 1.807) is 6.07 Å². The number of hydrogen-bond donors (Lipinski definition) is 0. The molecule has 0 heterocycles. The van der Waals surface area contributed by atoms with Gasteiger partial charge in [0.2, 0.25) is 0 Å². The molecule has 1 aromatic rings. The summed E-state index contributed by atoms with van der Waals surface area (Å²) in [5.41, 5.74) is 0.330. The molecule has 0 aliphatic heterocycles. The number of nitro benzene ring substituents is 1. The molecule has 1 saturated carbocycles. The second-order valence-corrected chi connectivity index (χ2v) is 6.89. The lowest BCUT2D eigenvalue weighted by Gasteiger charge is -2.35. The highest BCUT2D eigenvalue weighted by Gasteiger charge is 2.37. The van der Waals surface area contributed by atoms with E-state index >= 15 is 0 Å². The van der Waals surface area contributed by atoms with Crippen molar-refractivity contribution in [3.05, 3.63) is 38.3 Å². The highest BCUT2D eigenvalue weighted by Crippen LogP contribution is 2.44. The van der Waals surface area contributed by atoms with Crippen molar-refractivity contribution in [3.8, 4) is 6.07 Å². The van der Waals surface area contributed by atoms with Gasteiger partial charge in [0.25, 0.3) is 5.69 Å². The molecule has 112 valence electrons. The maximum atomic E-state index is 11.2. The fraction of sp³-hybridized carbons (Fsp3) is 0.562. The zero-order valence-corrected chi connectivity index (χ0v) is 13.7. The van der Waals surface area contributed by atoms with Gasteiger partial charge in [0, 0.05) is 16.1 Å². The SMILES string of the molecule is CCC1CCCC(C#N)(Cc2ccc(Br)cc2[N+](=O)[O-])C1. The van der Waals surface area contributed by atoms with Gasteiger partial charge in [0.05, 0.1) is 16.4 Å². The van der Waals surface area contributed by atoms with Crippen LogP contribution < -0.4 is 0 Å². The molecule has 0 bridgehead atoms. The van der Waals surface area contributed by atoms with E-state index in [1.165, 1.54) is 12.5 Å². The van der Waals surface area contributed by atoms with E-state index in [1.807, 2.05) is 6.07 Å². The van der Waals surface area contributed by atoms with Gasteiger partial charge >= 0.3 is 0 Å². The van der Waals surface area contributed by atoms with Gasteiger partial charge in [0.15, 0.2) is 0 Å². The maximum Gasteiger partial charge on any atom is 0.273 e. The van der Waals surface area contributed by atoms with E-state index in [4.69, 9.17) is 0 Å². The van der Waals surface area contributed by atoms with E-state index < -0.39 is 5.41 Å². The molecule has 2 unspecified atom stereocenters. The van der Waals surface area contributed by atoms with Gasteiger partial charge in [-0.15, -0.1) is 0 Å². The molecule has 4 nitrogen and oxygen atoms in total. The molecule has 0 radical (unpaired) electrons. The van der Waals surface area contributed by atoms with E-state index in [-0.39, 0.29) is 10.6 Å². The summed E-state index contributed by atoms with van der Waals surface area (Å²) in [6, 6.07) is 7.59. The molecule has 0 amide bonds. The molecule has 0 spiro atoms. The Labute approximate surface area is 133 Å². The number of benzene rings is 1. The van der Waals surface area contributed by atoms with Crippen molar-refractivity contribution in [1.29, 1.82) is 5.26 Å². The average Bonchev–Trinajstić information content (AvgIpc) is 2.49. The Morgan fingerprint density at radius 2 is 2.33 bits per heavy atom. The summed E-state index contributed by atoms with van der Waals surface area (Å²) in [7, 11) is 0. The van der Waals surface area contributed by atoms with Crippen LogP contribution in [0.3, 0.4) is 0 Å². The first kappa shape index (κ1) is 16.0. The lowest BCUT2D eigenvalue weighted by molar-refractivity contribution is -0.385. The lowest BCUT2D eigenvalue weighted by atomic mass is 9.67. The first-order chi connectivity index (χ1) is 9.99. The van der Waals surface area contributed by atoms with Gasteiger partial charge in [-0.3, -0.25) is 10.1 Å². The summed E-state index contributed by atoms with van der Waals surface area (Å²) in [6.07, 6.45) is 5.45. The minimum Gasteiger partial charge on any atom is -0.258 e. The molecule has 5 heteroatoms. The molecule has 21 heavy (non-hydrogen) atoms. The summed E-state index contributed by atoms with van der Waals surface area (Å²) >= 11 is 3.27. The molecule has 2 rings (SSSR count).